The molecule has 0 saturated carbocycles. The molecule has 6 nitrogen and oxygen atoms in total. The number of fused-ring (bicyclic) bond motifs is 1. The molecule has 9 heteroatoms. The number of hydrogen-bond donors (Lipinski definition) is 2. The first kappa shape index (κ1) is 20.1. The Hall–Kier alpha value is -3.23. The average molecular weight is 420 g/mol. The van der Waals surface area contributed by atoms with Crippen LogP contribution in [0.5, 0.6) is 11.5 Å². The third kappa shape index (κ3) is 4.67. The van der Waals surface area contributed by atoms with Gasteiger partial charge in [0.1, 0.15) is 23.6 Å². The van der Waals surface area contributed by atoms with Crippen LogP contribution in [0.2, 0.25) is 0 Å². The summed E-state index contributed by atoms with van der Waals surface area (Å²) >= 11 is 0. The lowest BCUT2D eigenvalue weighted by Gasteiger charge is -2.14. The molecule has 1 fully saturated rings. The fraction of sp³-hybridized carbons (Fsp3) is 0.333. The second-order valence-electron chi connectivity index (χ2n) is 7.25. The van der Waals surface area contributed by atoms with Gasteiger partial charge in [0.05, 0.1) is 6.54 Å². The zero-order valence-corrected chi connectivity index (χ0v) is 15.8. The molecule has 0 unspecified atom stereocenters. The second-order valence-corrected chi connectivity index (χ2v) is 7.25. The first-order chi connectivity index (χ1) is 14.3. The van der Waals surface area contributed by atoms with Crippen LogP contribution in [0.4, 0.5) is 13.2 Å². The number of benzene rings is 2. The van der Waals surface area contributed by atoms with Crippen LogP contribution in [-0.4, -0.2) is 36.9 Å². The first-order valence-electron chi connectivity index (χ1n) is 9.50. The topological polar surface area (TPSA) is 76.7 Å². The van der Waals surface area contributed by atoms with Crippen LogP contribution in [0.1, 0.15) is 18.4 Å². The van der Waals surface area contributed by atoms with Gasteiger partial charge in [-0.15, -0.1) is 13.2 Å². The Morgan fingerprint density at radius 2 is 2.00 bits per heavy atom. The number of carbonyl (C=O) groups is 2. The summed E-state index contributed by atoms with van der Waals surface area (Å²) in [6.07, 6.45) is -3.61. The van der Waals surface area contributed by atoms with Crippen LogP contribution in [0.15, 0.2) is 42.5 Å². The van der Waals surface area contributed by atoms with Gasteiger partial charge in [-0.05, 0) is 47.4 Å². The number of halogens is 3. The summed E-state index contributed by atoms with van der Waals surface area (Å²) in [5.74, 6) is 0.0330. The van der Waals surface area contributed by atoms with E-state index in [1.165, 1.54) is 18.2 Å². The van der Waals surface area contributed by atoms with E-state index in [1.807, 2.05) is 6.07 Å². The molecule has 2 heterocycles. The number of amides is 2. The molecule has 2 aliphatic rings. The van der Waals surface area contributed by atoms with Gasteiger partial charge in [0, 0.05) is 12.8 Å². The Morgan fingerprint density at radius 3 is 2.73 bits per heavy atom. The summed E-state index contributed by atoms with van der Waals surface area (Å²) in [4.78, 5) is 23.3. The minimum atomic E-state index is -4.75. The number of alkyl halides is 3. The van der Waals surface area contributed by atoms with Gasteiger partial charge in [-0.25, -0.2) is 0 Å². The minimum absolute atomic E-state index is 0.128. The van der Waals surface area contributed by atoms with Crippen molar-refractivity contribution in [3.05, 3.63) is 48.0 Å². The normalized spacial score (nSPS) is 20.3. The molecule has 2 atom stereocenters. The number of rotatable bonds is 5. The van der Waals surface area contributed by atoms with E-state index in [0.717, 1.165) is 11.1 Å². The minimum Gasteiger partial charge on any atom is -0.488 e. The Balaban J connectivity index is 1.39. The van der Waals surface area contributed by atoms with Gasteiger partial charge in [-0.3, -0.25) is 9.59 Å². The van der Waals surface area contributed by atoms with Crippen LogP contribution < -0.4 is 20.1 Å². The van der Waals surface area contributed by atoms with E-state index in [0.29, 0.717) is 37.1 Å². The predicted molar refractivity (Wildman–Crippen MR) is 101 cm³/mol. The Kier molecular flexibility index (Phi) is 5.27. The molecular formula is C21H19F3N2O4. The molecule has 2 aliphatic heterocycles. The van der Waals surface area contributed by atoms with Crippen molar-refractivity contribution in [2.45, 2.75) is 37.8 Å². The lowest BCUT2D eigenvalue weighted by atomic mass is 10.0. The predicted octanol–water partition coefficient (Wildman–Crippen LogP) is 2.95. The van der Waals surface area contributed by atoms with Gasteiger partial charge < -0.3 is 20.1 Å². The number of carbonyl (C=O) groups excluding carboxylic acids is 2. The van der Waals surface area contributed by atoms with E-state index in [-0.39, 0.29) is 23.7 Å². The summed E-state index contributed by atoms with van der Waals surface area (Å²) in [6.45, 7) is 0.296. The summed E-state index contributed by atoms with van der Waals surface area (Å²) < 4.78 is 47.2. The summed E-state index contributed by atoms with van der Waals surface area (Å²) in [5, 5.41) is 5.41. The molecule has 2 aromatic carbocycles. The third-order valence-electron chi connectivity index (χ3n) is 5.02. The maximum atomic E-state index is 12.5. The average Bonchev–Trinajstić information content (AvgIpc) is 3.30. The molecule has 1 saturated heterocycles. The molecule has 0 spiro atoms. The van der Waals surface area contributed by atoms with Gasteiger partial charge in [0.15, 0.2) is 0 Å². The van der Waals surface area contributed by atoms with Crippen molar-refractivity contribution >= 4 is 11.8 Å². The Morgan fingerprint density at radius 1 is 1.20 bits per heavy atom. The summed E-state index contributed by atoms with van der Waals surface area (Å²) in [7, 11) is 0. The first-order valence-corrected chi connectivity index (χ1v) is 9.50. The van der Waals surface area contributed by atoms with Gasteiger partial charge in [0.25, 0.3) is 0 Å². The SMILES string of the molecule is O=C1CC[C@H](C(=O)NC[C@@H]2Cc3cc(-c4cccc(OC(F)(F)F)c4)ccc3O2)N1. The van der Waals surface area contributed by atoms with E-state index in [9.17, 15) is 22.8 Å². The van der Waals surface area contributed by atoms with Crippen LogP contribution in [0, 0.1) is 0 Å². The zero-order chi connectivity index (χ0) is 21.3. The maximum Gasteiger partial charge on any atom is 0.573 e. The lowest BCUT2D eigenvalue weighted by molar-refractivity contribution is -0.274. The van der Waals surface area contributed by atoms with Gasteiger partial charge >= 0.3 is 6.36 Å². The number of ether oxygens (including phenoxy) is 2. The fourth-order valence-corrected chi connectivity index (χ4v) is 3.63. The van der Waals surface area contributed by atoms with Gasteiger partial charge in [-0.1, -0.05) is 18.2 Å². The highest BCUT2D eigenvalue weighted by Gasteiger charge is 2.31. The van der Waals surface area contributed by atoms with Crippen LogP contribution in [0.3, 0.4) is 0 Å². The van der Waals surface area contributed by atoms with Crippen LogP contribution in [-0.2, 0) is 16.0 Å². The van der Waals surface area contributed by atoms with Crippen LogP contribution >= 0.6 is 0 Å². The van der Waals surface area contributed by atoms with Crippen molar-refractivity contribution in [2.75, 3.05) is 6.54 Å². The van der Waals surface area contributed by atoms with E-state index >= 15 is 0 Å². The molecule has 30 heavy (non-hydrogen) atoms. The second kappa shape index (κ2) is 7.89. The molecule has 0 aliphatic carbocycles. The molecule has 0 aromatic heterocycles. The molecule has 4 rings (SSSR count). The fourth-order valence-electron chi connectivity index (χ4n) is 3.63. The molecule has 2 amide bonds. The highest BCUT2D eigenvalue weighted by molar-refractivity contribution is 5.90. The van der Waals surface area contributed by atoms with Gasteiger partial charge in [0.2, 0.25) is 11.8 Å². The molecule has 2 aromatic rings. The maximum absolute atomic E-state index is 12.5. The van der Waals surface area contributed by atoms with Gasteiger partial charge in [-0.2, -0.15) is 0 Å². The molecule has 2 N–H and O–H groups in total. The molecule has 0 bridgehead atoms. The monoisotopic (exact) mass is 420 g/mol. The van der Waals surface area contributed by atoms with Crippen molar-refractivity contribution < 1.29 is 32.2 Å². The molecular weight excluding hydrogens is 401 g/mol. The summed E-state index contributed by atoms with van der Waals surface area (Å²) in [5.41, 5.74) is 2.24. The van der Waals surface area contributed by atoms with Crippen LogP contribution in [0.25, 0.3) is 11.1 Å². The standard InChI is InChI=1S/C21H19F3N2O4/c22-21(23,24)30-15-3-1-2-12(9-15)13-4-6-18-14(8-13)10-16(29-18)11-25-20(28)17-5-7-19(27)26-17/h1-4,6,8-9,16-17H,5,7,10-11H2,(H,25,28)(H,26,27)/t16-,17+/m0/s1. The quantitative estimate of drug-likeness (QED) is 0.780. The zero-order valence-electron chi connectivity index (χ0n) is 15.8. The summed E-state index contributed by atoms with van der Waals surface area (Å²) in [6, 6.07) is 10.7. The molecule has 0 radical (unpaired) electrons. The van der Waals surface area contributed by atoms with Crippen molar-refractivity contribution in [1.29, 1.82) is 0 Å². The number of hydrogen-bond acceptors (Lipinski definition) is 4. The third-order valence-corrected chi connectivity index (χ3v) is 5.02. The van der Waals surface area contributed by atoms with E-state index < -0.39 is 12.4 Å². The largest absolute Gasteiger partial charge is 0.573 e. The highest BCUT2D eigenvalue weighted by atomic mass is 19.4. The van der Waals surface area contributed by atoms with Crippen molar-refractivity contribution in [3.63, 3.8) is 0 Å². The van der Waals surface area contributed by atoms with Crippen molar-refractivity contribution in [3.8, 4) is 22.6 Å². The van der Waals surface area contributed by atoms with E-state index in [1.54, 1.807) is 18.2 Å². The highest BCUT2D eigenvalue weighted by Crippen LogP contribution is 2.34. The Labute approximate surface area is 170 Å². The molecule has 158 valence electrons. The van der Waals surface area contributed by atoms with E-state index in [4.69, 9.17) is 4.74 Å². The van der Waals surface area contributed by atoms with Crippen molar-refractivity contribution in [2.24, 2.45) is 0 Å². The lowest BCUT2D eigenvalue weighted by Crippen LogP contribution is -2.44. The van der Waals surface area contributed by atoms with E-state index in [2.05, 4.69) is 15.4 Å². The Bertz CT molecular complexity index is 977. The smallest absolute Gasteiger partial charge is 0.488 e. The van der Waals surface area contributed by atoms with Crippen molar-refractivity contribution in [1.82, 2.24) is 10.6 Å². The number of nitrogens with one attached hydrogen (secondary N) is 2.